The van der Waals surface area contributed by atoms with Crippen LogP contribution in [0.1, 0.15) is 25.3 Å². The van der Waals surface area contributed by atoms with Gasteiger partial charge in [-0.3, -0.25) is 4.68 Å². The lowest BCUT2D eigenvalue weighted by molar-refractivity contribution is 0.689. The molecule has 0 fully saturated rings. The summed E-state index contributed by atoms with van der Waals surface area (Å²) in [6.07, 6.45) is 4.01. The third kappa shape index (κ3) is 5.02. The molecule has 0 aliphatic heterocycles. The monoisotopic (exact) mass is 322 g/mol. The summed E-state index contributed by atoms with van der Waals surface area (Å²) in [5, 5.41) is 11.7. The molecular weight excluding hydrogens is 304 g/mol. The van der Waals surface area contributed by atoms with E-state index in [1.807, 2.05) is 18.2 Å². The molecule has 1 heterocycles. The first-order valence-electron chi connectivity index (χ1n) is 7.00. The number of rotatable bonds is 6. The zero-order valence-electron chi connectivity index (χ0n) is 12.0. The summed E-state index contributed by atoms with van der Waals surface area (Å²) >= 11 is 11.4. The molecule has 0 atom stereocenters. The van der Waals surface area contributed by atoms with Crippen LogP contribution in [0.5, 0.6) is 0 Å². The Morgan fingerprint density at radius 2 is 2.10 bits per heavy atom. The van der Waals surface area contributed by atoms with Crippen LogP contribution in [0.4, 0.5) is 5.82 Å². The Morgan fingerprint density at radius 3 is 2.81 bits per heavy atom. The molecule has 0 spiro atoms. The van der Waals surface area contributed by atoms with Crippen LogP contribution in [0.25, 0.3) is 0 Å². The zero-order chi connectivity index (χ0) is 15.1. The van der Waals surface area contributed by atoms with Crippen molar-refractivity contribution in [3.05, 3.63) is 47.1 Å². The number of benzene rings is 1. The number of hydrogen-bond acceptors (Lipinski definition) is 2. The standard InChI is InChI=1S/C15H19ClN4S/c1-2-3-9-17-15(21)18-14-13(16)11-20(19-14)10-12-7-5-4-6-8-12/h4-8,11H,2-3,9-10H2,1H3,(H2,17,18,19,21). The normalized spacial score (nSPS) is 10.4. The quantitative estimate of drug-likeness (QED) is 0.629. The maximum absolute atomic E-state index is 6.18. The van der Waals surface area contributed by atoms with Crippen molar-refractivity contribution in [1.29, 1.82) is 0 Å². The van der Waals surface area contributed by atoms with Gasteiger partial charge in [-0.1, -0.05) is 55.3 Å². The van der Waals surface area contributed by atoms with Crippen LogP contribution in [0.3, 0.4) is 0 Å². The van der Waals surface area contributed by atoms with Crippen LogP contribution in [-0.2, 0) is 6.54 Å². The molecule has 1 aromatic heterocycles. The second-order valence-electron chi connectivity index (χ2n) is 4.74. The molecule has 2 N–H and O–H groups in total. The Morgan fingerprint density at radius 1 is 1.33 bits per heavy atom. The third-order valence-electron chi connectivity index (χ3n) is 2.95. The van der Waals surface area contributed by atoms with Crippen molar-refractivity contribution in [3.63, 3.8) is 0 Å². The fourth-order valence-electron chi connectivity index (χ4n) is 1.86. The Bertz CT molecular complexity index is 583. The highest BCUT2D eigenvalue weighted by atomic mass is 35.5. The van der Waals surface area contributed by atoms with Crippen LogP contribution >= 0.6 is 23.8 Å². The molecule has 1 aromatic carbocycles. The average Bonchev–Trinajstić information content (AvgIpc) is 2.80. The topological polar surface area (TPSA) is 41.9 Å². The second kappa shape index (κ2) is 8.00. The van der Waals surface area contributed by atoms with E-state index < -0.39 is 0 Å². The van der Waals surface area contributed by atoms with Crippen molar-refractivity contribution in [2.24, 2.45) is 0 Å². The molecule has 0 amide bonds. The lowest BCUT2D eigenvalue weighted by Gasteiger charge is -2.08. The predicted molar refractivity (Wildman–Crippen MR) is 91.9 cm³/mol. The minimum atomic E-state index is 0.551. The van der Waals surface area contributed by atoms with Crippen LogP contribution in [0.2, 0.25) is 5.02 Å². The number of halogens is 1. The SMILES string of the molecule is CCCCNC(=S)Nc1nn(Cc2ccccc2)cc1Cl. The largest absolute Gasteiger partial charge is 0.362 e. The summed E-state index contributed by atoms with van der Waals surface area (Å²) in [5.41, 5.74) is 1.17. The minimum absolute atomic E-state index is 0.551. The second-order valence-corrected chi connectivity index (χ2v) is 5.56. The van der Waals surface area contributed by atoms with Crippen molar-refractivity contribution in [1.82, 2.24) is 15.1 Å². The van der Waals surface area contributed by atoms with Gasteiger partial charge in [0.25, 0.3) is 0 Å². The fraction of sp³-hybridized carbons (Fsp3) is 0.333. The first-order chi connectivity index (χ1) is 10.2. The molecule has 0 aliphatic carbocycles. The summed E-state index contributed by atoms with van der Waals surface area (Å²) in [4.78, 5) is 0. The Balaban J connectivity index is 1.94. The van der Waals surface area contributed by atoms with Gasteiger partial charge in [0.2, 0.25) is 0 Å². The number of nitrogens with zero attached hydrogens (tertiary/aromatic N) is 2. The highest BCUT2D eigenvalue weighted by molar-refractivity contribution is 7.80. The van der Waals surface area contributed by atoms with Gasteiger partial charge in [-0.15, -0.1) is 0 Å². The summed E-state index contributed by atoms with van der Waals surface area (Å²) in [7, 11) is 0. The van der Waals surface area contributed by atoms with E-state index in [1.165, 1.54) is 5.56 Å². The molecule has 0 unspecified atom stereocenters. The first kappa shape index (κ1) is 15.8. The van der Waals surface area contributed by atoms with Crippen molar-refractivity contribution in [2.75, 3.05) is 11.9 Å². The van der Waals surface area contributed by atoms with Gasteiger partial charge in [-0.05, 0) is 24.2 Å². The minimum Gasteiger partial charge on any atom is -0.362 e. The number of aromatic nitrogens is 2. The molecule has 0 radical (unpaired) electrons. The van der Waals surface area contributed by atoms with Gasteiger partial charge in [0.05, 0.1) is 6.54 Å². The molecule has 2 aromatic rings. The number of thiocarbonyl (C=S) groups is 1. The van der Waals surface area contributed by atoms with E-state index in [2.05, 4.69) is 34.8 Å². The van der Waals surface area contributed by atoms with Gasteiger partial charge < -0.3 is 10.6 Å². The molecule has 21 heavy (non-hydrogen) atoms. The molecule has 2 rings (SSSR count). The highest BCUT2D eigenvalue weighted by Gasteiger charge is 2.08. The Kier molecular flexibility index (Phi) is 6.02. The molecule has 4 nitrogen and oxygen atoms in total. The van der Waals surface area contributed by atoms with Crippen LogP contribution < -0.4 is 10.6 Å². The van der Waals surface area contributed by atoms with E-state index in [0.717, 1.165) is 19.4 Å². The maximum atomic E-state index is 6.18. The highest BCUT2D eigenvalue weighted by Crippen LogP contribution is 2.19. The fourth-order valence-corrected chi connectivity index (χ4v) is 2.26. The summed E-state index contributed by atoms with van der Waals surface area (Å²) < 4.78 is 1.80. The Hall–Kier alpha value is -1.59. The number of hydrogen-bond donors (Lipinski definition) is 2. The Labute approximate surface area is 135 Å². The third-order valence-corrected chi connectivity index (χ3v) is 3.48. The van der Waals surface area contributed by atoms with E-state index >= 15 is 0 Å². The van der Waals surface area contributed by atoms with E-state index in [0.29, 0.717) is 22.5 Å². The zero-order valence-corrected chi connectivity index (χ0v) is 13.5. The summed E-state index contributed by atoms with van der Waals surface area (Å²) in [6, 6.07) is 10.1. The molecule has 0 saturated carbocycles. The van der Waals surface area contributed by atoms with Gasteiger partial charge in [-0.2, -0.15) is 5.10 Å². The molecule has 112 valence electrons. The van der Waals surface area contributed by atoms with Crippen molar-refractivity contribution in [3.8, 4) is 0 Å². The molecular formula is C15H19ClN4S. The molecule has 0 bridgehead atoms. The lowest BCUT2D eigenvalue weighted by Crippen LogP contribution is -2.29. The maximum Gasteiger partial charge on any atom is 0.173 e. The lowest BCUT2D eigenvalue weighted by atomic mass is 10.2. The van der Waals surface area contributed by atoms with Crippen molar-refractivity contribution >= 4 is 34.7 Å². The number of nitrogens with one attached hydrogen (secondary N) is 2. The number of anilines is 1. The number of unbranched alkanes of at least 4 members (excludes halogenated alkanes) is 1. The molecule has 6 heteroatoms. The van der Waals surface area contributed by atoms with Gasteiger partial charge in [-0.25, -0.2) is 0 Å². The van der Waals surface area contributed by atoms with Crippen LogP contribution in [-0.4, -0.2) is 21.4 Å². The molecule has 0 aliphatic rings. The van der Waals surface area contributed by atoms with Gasteiger partial charge >= 0.3 is 0 Å². The smallest absolute Gasteiger partial charge is 0.173 e. The summed E-state index contributed by atoms with van der Waals surface area (Å²) in [6.45, 7) is 3.67. The van der Waals surface area contributed by atoms with Crippen molar-refractivity contribution < 1.29 is 0 Å². The van der Waals surface area contributed by atoms with Crippen molar-refractivity contribution in [2.45, 2.75) is 26.3 Å². The first-order valence-corrected chi connectivity index (χ1v) is 7.79. The van der Waals surface area contributed by atoms with Crippen LogP contribution in [0.15, 0.2) is 36.5 Å². The van der Waals surface area contributed by atoms with E-state index in [-0.39, 0.29) is 0 Å². The van der Waals surface area contributed by atoms with E-state index in [4.69, 9.17) is 23.8 Å². The van der Waals surface area contributed by atoms with Gasteiger partial charge in [0.1, 0.15) is 5.02 Å². The van der Waals surface area contributed by atoms with E-state index in [1.54, 1.807) is 10.9 Å². The van der Waals surface area contributed by atoms with E-state index in [9.17, 15) is 0 Å². The average molecular weight is 323 g/mol. The predicted octanol–water partition coefficient (Wildman–Crippen LogP) is 3.67. The summed E-state index contributed by atoms with van der Waals surface area (Å²) in [5.74, 6) is 0.585. The van der Waals surface area contributed by atoms with Gasteiger partial charge in [0, 0.05) is 12.7 Å². The molecule has 0 saturated heterocycles. The van der Waals surface area contributed by atoms with Gasteiger partial charge in [0.15, 0.2) is 10.9 Å². The van der Waals surface area contributed by atoms with Crippen LogP contribution in [0, 0.1) is 0 Å².